The molecule has 0 bridgehead atoms. The third-order valence-electron chi connectivity index (χ3n) is 5.98. The smallest absolute Gasteiger partial charge is 0.258 e. The van der Waals surface area contributed by atoms with Gasteiger partial charge in [0.2, 0.25) is 5.91 Å². The van der Waals surface area contributed by atoms with Crippen molar-refractivity contribution >= 4 is 11.6 Å². The molecular formula is C21H28N4O2. The second kappa shape index (κ2) is 8.21. The molecule has 144 valence electrons. The first-order valence-electron chi connectivity index (χ1n) is 10.2. The van der Waals surface area contributed by atoms with Gasteiger partial charge in [0.15, 0.2) is 0 Å². The van der Waals surface area contributed by atoms with Crippen LogP contribution < -0.4 is 5.56 Å². The zero-order chi connectivity index (χ0) is 18.6. The van der Waals surface area contributed by atoms with Crippen LogP contribution >= 0.6 is 0 Å². The summed E-state index contributed by atoms with van der Waals surface area (Å²) in [5, 5.41) is 0. The molecule has 3 heterocycles. The van der Waals surface area contributed by atoms with Crippen LogP contribution in [0.15, 0.2) is 35.3 Å². The van der Waals surface area contributed by atoms with Crippen molar-refractivity contribution < 1.29 is 4.79 Å². The van der Waals surface area contributed by atoms with Crippen LogP contribution in [0.2, 0.25) is 0 Å². The third kappa shape index (κ3) is 4.38. The predicted molar refractivity (Wildman–Crippen MR) is 105 cm³/mol. The lowest BCUT2D eigenvalue weighted by molar-refractivity contribution is -0.133. The van der Waals surface area contributed by atoms with Gasteiger partial charge in [0.05, 0.1) is 5.69 Å². The zero-order valence-electron chi connectivity index (χ0n) is 15.8. The van der Waals surface area contributed by atoms with E-state index in [0.29, 0.717) is 24.5 Å². The molecule has 2 aliphatic rings. The molecule has 6 heteroatoms. The van der Waals surface area contributed by atoms with Gasteiger partial charge in [-0.1, -0.05) is 31.7 Å². The molecule has 6 nitrogen and oxygen atoms in total. The van der Waals surface area contributed by atoms with E-state index in [9.17, 15) is 9.59 Å². The molecule has 2 aromatic rings. The highest BCUT2D eigenvalue weighted by molar-refractivity contribution is 5.76. The van der Waals surface area contributed by atoms with E-state index < -0.39 is 0 Å². The number of piperazine rings is 1. The standard InChI is InChI=1S/C21H28N4O2/c26-20(9-8-17-5-1-2-6-17)24-13-11-23(12-14-24)16-18-15-21(27)25-10-4-3-7-19(25)22-18/h3-4,7,10,15,17H,1-2,5-6,8-9,11-14,16H2. The van der Waals surface area contributed by atoms with Crippen LogP contribution in [-0.4, -0.2) is 51.3 Å². The largest absolute Gasteiger partial charge is 0.340 e. The summed E-state index contributed by atoms with van der Waals surface area (Å²) in [7, 11) is 0. The van der Waals surface area contributed by atoms with E-state index in [-0.39, 0.29) is 5.56 Å². The summed E-state index contributed by atoms with van der Waals surface area (Å²) in [6.07, 6.45) is 8.79. The quantitative estimate of drug-likeness (QED) is 0.813. The van der Waals surface area contributed by atoms with E-state index in [1.165, 1.54) is 25.7 Å². The lowest BCUT2D eigenvalue weighted by atomic mass is 10.0. The van der Waals surface area contributed by atoms with Crippen molar-refractivity contribution in [1.82, 2.24) is 19.2 Å². The van der Waals surface area contributed by atoms with Gasteiger partial charge in [-0.2, -0.15) is 0 Å². The van der Waals surface area contributed by atoms with Crippen LogP contribution in [0.3, 0.4) is 0 Å². The first-order chi connectivity index (χ1) is 13.2. The van der Waals surface area contributed by atoms with Gasteiger partial charge in [0, 0.05) is 51.4 Å². The normalized spacial score (nSPS) is 19.0. The molecule has 0 spiro atoms. The molecule has 0 aromatic carbocycles. The Balaban J connectivity index is 1.29. The molecule has 0 atom stereocenters. The lowest BCUT2D eigenvalue weighted by Crippen LogP contribution is -2.48. The second-order valence-corrected chi connectivity index (χ2v) is 7.86. The average molecular weight is 368 g/mol. The minimum absolute atomic E-state index is 0.0451. The molecule has 1 aliphatic carbocycles. The Morgan fingerprint density at radius 3 is 2.67 bits per heavy atom. The SMILES string of the molecule is O=C(CCC1CCCC1)N1CCN(Cc2cc(=O)n3ccccc3n2)CC1. The number of nitrogens with zero attached hydrogens (tertiary/aromatic N) is 4. The number of amides is 1. The maximum atomic E-state index is 12.5. The van der Waals surface area contributed by atoms with E-state index in [0.717, 1.165) is 44.2 Å². The summed E-state index contributed by atoms with van der Waals surface area (Å²) in [6.45, 7) is 3.88. The Bertz CT molecular complexity index is 849. The number of hydrogen-bond acceptors (Lipinski definition) is 4. The van der Waals surface area contributed by atoms with E-state index in [2.05, 4.69) is 9.88 Å². The van der Waals surface area contributed by atoms with Crippen molar-refractivity contribution in [1.29, 1.82) is 0 Å². The van der Waals surface area contributed by atoms with Crippen molar-refractivity contribution in [2.45, 2.75) is 45.1 Å². The van der Waals surface area contributed by atoms with Gasteiger partial charge in [0.1, 0.15) is 5.65 Å². The maximum absolute atomic E-state index is 12.5. The molecular weight excluding hydrogens is 340 g/mol. The topological polar surface area (TPSA) is 57.9 Å². The molecule has 1 aliphatic heterocycles. The van der Waals surface area contributed by atoms with Crippen LogP contribution in [-0.2, 0) is 11.3 Å². The minimum atomic E-state index is -0.0451. The van der Waals surface area contributed by atoms with Crippen LogP contribution in [0.5, 0.6) is 0 Å². The number of aromatic nitrogens is 2. The Kier molecular flexibility index (Phi) is 5.53. The number of pyridine rings is 1. The highest BCUT2D eigenvalue weighted by Gasteiger charge is 2.23. The van der Waals surface area contributed by atoms with Crippen LogP contribution in [0.25, 0.3) is 5.65 Å². The van der Waals surface area contributed by atoms with E-state index >= 15 is 0 Å². The summed E-state index contributed by atoms with van der Waals surface area (Å²) < 4.78 is 1.56. The summed E-state index contributed by atoms with van der Waals surface area (Å²) >= 11 is 0. The summed E-state index contributed by atoms with van der Waals surface area (Å²) in [5.41, 5.74) is 1.43. The number of hydrogen-bond donors (Lipinski definition) is 0. The molecule has 2 fully saturated rings. The maximum Gasteiger partial charge on any atom is 0.258 e. The average Bonchev–Trinajstić information content (AvgIpc) is 3.20. The summed E-state index contributed by atoms with van der Waals surface area (Å²) in [4.78, 5) is 33.6. The Morgan fingerprint density at radius 2 is 1.89 bits per heavy atom. The molecule has 0 radical (unpaired) electrons. The Morgan fingerprint density at radius 1 is 1.11 bits per heavy atom. The fourth-order valence-electron chi connectivity index (χ4n) is 4.35. The van der Waals surface area contributed by atoms with Gasteiger partial charge in [-0.3, -0.25) is 18.9 Å². The van der Waals surface area contributed by atoms with Crippen LogP contribution in [0.4, 0.5) is 0 Å². The van der Waals surface area contributed by atoms with Crippen molar-refractivity contribution in [2.24, 2.45) is 5.92 Å². The number of fused-ring (bicyclic) bond motifs is 1. The molecule has 27 heavy (non-hydrogen) atoms. The lowest BCUT2D eigenvalue weighted by Gasteiger charge is -2.34. The molecule has 1 saturated carbocycles. The first-order valence-corrected chi connectivity index (χ1v) is 10.2. The second-order valence-electron chi connectivity index (χ2n) is 7.86. The number of rotatable bonds is 5. The molecule has 0 N–H and O–H groups in total. The predicted octanol–water partition coefficient (Wildman–Crippen LogP) is 2.31. The van der Waals surface area contributed by atoms with Crippen molar-refractivity contribution in [3.8, 4) is 0 Å². The van der Waals surface area contributed by atoms with Gasteiger partial charge in [-0.05, 0) is 24.5 Å². The fourth-order valence-corrected chi connectivity index (χ4v) is 4.35. The number of carbonyl (C=O) groups is 1. The highest BCUT2D eigenvalue weighted by Crippen LogP contribution is 2.28. The van der Waals surface area contributed by atoms with E-state index in [1.54, 1.807) is 16.7 Å². The number of carbonyl (C=O) groups excluding carboxylic acids is 1. The van der Waals surface area contributed by atoms with Gasteiger partial charge in [-0.15, -0.1) is 0 Å². The summed E-state index contributed by atoms with van der Waals surface area (Å²) in [6, 6.07) is 7.19. The molecule has 0 unspecified atom stereocenters. The van der Waals surface area contributed by atoms with Crippen molar-refractivity contribution in [3.63, 3.8) is 0 Å². The Hall–Kier alpha value is -2.21. The minimum Gasteiger partial charge on any atom is -0.340 e. The van der Waals surface area contributed by atoms with E-state index in [4.69, 9.17) is 0 Å². The first kappa shape index (κ1) is 18.2. The van der Waals surface area contributed by atoms with Crippen molar-refractivity contribution in [3.05, 3.63) is 46.5 Å². The summed E-state index contributed by atoms with van der Waals surface area (Å²) in [5.74, 6) is 1.08. The van der Waals surface area contributed by atoms with Crippen LogP contribution in [0, 0.1) is 5.92 Å². The highest BCUT2D eigenvalue weighted by atomic mass is 16.2. The monoisotopic (exact) mass is 368 g/mol. The van der Waals surface area contributed by atoms with E-state index in [1.807, 2.05) is 23.1 Å². The third-order valence-corrected chi connectivity index (χ3v) is 5.98. The van der Waals surface area contributed by atoms with Gasteiger partial charge >= 0.3 is 0 Å². The van der Waals surface area contributed by atoms with Crippen LogP contribution in [0.1, 0.15) is 44.2 Å². The van der Waals surface area contributed by atoms with Gasteiger partial charge < -0.3 is 4.90 Å². The fraction of sp³-hybridized carbons (Fsp3) is 0.571. The zero-order valence-corrected chi connectivity index (χ0v) is 15.8. The molecule has 1 amide bonds. The van der Waals surface area contributed by atoms with Gasteiger partial charge in [-0.25, -0.2) is 4.98 Å². The molecule has 1 saturated heterocycles. The molecule has 2 aromatic heterocycles. The molecule has 4 rings (SSSR count). The van der Waals surface area contributed by atoms with Gasteiger partial charge in [0.25, 0.3) is 5.56 Å². The Labute approximate surface area is 159 Å². The van der Waals surface area contributed by atoms with Crippen molar-refractivity contribution in [2.75, 3.05) is 26.2 Å².